The first kappa shape index (κ1) is 14.6. The molecule has 124 valence electrons. The summed E-state index contributed by atoms with van der Waals surface area (Å²) in [5, 5.41) is 12.5. The second-order valence-corrected chi connectivity index (χ2v) is 6.11. The van der Waals surface area contributed by atoms with E-state index in [1.54, 1.807) is 24.4 Å². The topological polar surface area (TPSA) is 79.9 Å². The van der Waals surface area contributed by atoms with Crippen LogP contribution in [0.3, 0.4) is 0 Å². The Morgan fingerprint density at radius 3 is 2.46 bits per heavy atom. The lowest BCUT2D eigenvalue weighted by molar-refractivity contribution is 0.0698. The molecule has 26 heavy (non-hydrogen) atoms. The molecule has 0 saturated heterocycles. The lowest BCUT2D eigenvalue weighted by Gasteiger charge is -2.06. The van der Waals surface area contributed by atoms with E-state index in [-0.39, 0.29) is 5.56 Å². The third-order valence-corrected chi connectivity index (χ3v) is 4.69. The second kappa shape index (κ2) is 5.13. The fourth-order valence-electron chi connectivity index (χ4n) is 3.56. The van der Waals surface area contributed by atoms with Gasteiger partial charge in [0.05, 0.1) is 16.6 Å². The van der Waals surface area contributed by atoms with Crippen molar-refractivity contribution >= 4 is 45.0 Å². The van der Waals surface area contributed by atoms with Crippen molar-refractivity contribution < 1.29 is 14.3 Å². The zero-order valence-electron chi connectivity index (χ0n) is 13.4. The Labute approximate surface area is 146 Å². The Kier molecular flexibility index (Phi) is 2.88. The Hall–Kier alpha value is -3.73. The summed E-state index contributed by atoms with van der Waals surface area (Å²) in [5.41, 5.74) is 1.74. The highest BCUT2D eigenvalue weighted by atomic mass is 16.4. The summed E-state index contributed by atoms with van der Waals surface area (Å²) in [4.78, 5) is 28.2. The molecular weight excluding hydrogens is 330 g/mol. The summed E-state index contributed by atoms with van der Waals surface area (Å²) in [5.74, 6) is -1.04. The number of para-hydroxylation sites is 1. The highest BCUT2D eigenvalue weighted by Gasteiger charge is 2.22. The number of benzene rings is 3. The number of rotatable bonds is 1. The van der Waals surface area contributed by atoms with Gasteiger partial charge in [0.15, 0.2) is 0 Å². The van der Waals surface area contributed by atoms with Crippen molar-refractivity contribution in [3.8, 4) is 0 Å². The van der Waals surface area contributed by atoms with E-state index in [1.165, 1.54) is 6.07 Å². The molecule has 0 spiro atoms. The number of carbonyl (C=O) groups is 1. The van der Waals surface area contributed by atoms with Gasteiger partial charge in [-0.3, -0.25) is 4.99 Å². The Morgan fingerprint density at radius 1 is 0.962 bits per heavy atom. The second-order valence-electron chi connectivity index (χ2n) is 6.11. The van der Waals surface area contributed by atoms with Crippen LogP contribution in [-0.4, -0.2) is 17.3 Å². The molecule has 1 N–H and O–H groups in total. The lowest BCUT2D eigenvalue weighted by Crippen LogP contribution is -2.16. The van der Waals surface area contributed by atoms with Gasteiger partial charge in [0, 0.05) is 28.1 Å². The number of fused-ring (bicyclic) bond motifs is 1. The van der Waals surface area contributed by atoms with Gasteiger partial charge in [0.25, 0.3) is 0 Å². The predicted octanol–water partition coefficient (Wildman–Crippen LogP) is 3.28. The zero-order valence-corrected chi connectivity index (χ0v) is 13.4. The molecule has 1 aliphatic rings. The summed E-state index contributed by atoms with van der Waals surface area (Å²) < 4.78 is 5.65. The van der Waals surface area contributed by atoms with Crippen molar-refractivity contribution in [3.05, 3.63) is 81.6 Å². The number of hydrogen-bond acceptors (Lipinski definition) is 4. The molecule has 0 unspecified atom stereocenters. The number of aliphatic imine (C=N–C) groups is 1. The van der Waals surface area contributed by atoms with Gasteiger partial charge in [-0.15, -0.1) is 0 Å². The van der Waals surface area contributed by atoms with E-state index in [1.807, 2.05) is 30.3 Å². The third-order valence-electron chi connectivity index (χ3n) is 4.69. The Morgan fingerprint density at radius 2 is 1.69 bits per heavy atom. The van der Waals surface area contributed by atoms with Gasteiger partial charge in [0.2, 0.25) is 0 Å². The maximum absolute atomic E-state index is 12.5. The van der Waals surface area contributed by atoms with Crippen LogP contribution < -0.4 is 11.0 Å². The minimum absolute atomic E-state index is 0.120. The number of hydrogen-bond donors (Lipinski definition) is 1. The molecule has 0 fully saturated rings. The van der Waals surface area contributed by atoms with Crippen LogP contribution in [0.1, 0.15) is 15.9 Å². The van der Waals surface area contributed by atoms with E-state index in [2.05, 4.69) is 4.99 Å². The van der Waals surface area contributed by atoms with Gasteiger partial charge in [-0.05, 0) is 17.5 Å². The highest BCUT2D eigenvalue weighted by molar-refractivity contribution is 6.20. The van der Waals surface area contributed by atoms with Crippen LogP contribution in [0.25, 0.3) is 27.1 Å². The van der Waals surface area contributed by atoms with Crippen molar-refractivity contribution in [1.82, 2.24) is 0 Å². The van der Waals surface area contributed by atoms with E-state index < -0.39 is 11.6 Å². The minimum atomic E-state index is -1.04. The fraction of sp³-hybridized carbons (Fsp3) is 0. The zero-order chi connectivity index (χ0) is 17.8. The molecule has 4 aromatic rings. The van der Waals surface area contributed by atoms with Gasteiger partial charge in [-0.2, -0.15) is 0 Å². The van der Waals surface area contributed by atoms with Gasteiger partial charge in [0.1, 0.15) is 5.42 Å². The smallest absolute Gasteiger partial charge is 0.344 e. The van der Waals surface area contributed by atoms with Crippen LogP contribution in [0.15, 0.2) is 68.8 Å². The SMILES string of the molecule is O=C(O)c1cccc2c1N=CC2=c1oc(=O)c2cccc3cccc1c32. The molecule has 1 aromatic heterocycles. The van der Waals surface area contributed by atoms with E-state index >= 15 is 0 Å². The molecule has 0 saturated carbocycles. The maximum atomic E-state index is 12.5. The molecule has 0 bridgehead atoms. The van der Waals surface area contributed by atoms with Gasteiger partial charge < -0.3 is 9.52 Å². The van der Waals surface area contributed by atoms with Crippen molar-refractivity contribution in [2.45, 2.75) is 0 Å². The minimum Gasteiger partial charge on any atom is -0.478 e. The molecular formula is C21H11NO4. The highest BCUT2D eigenvalue weighted by Crippen LogP contribution is 2.34. The van der Waals surface area contributed by atoms with Gasteiger partial charge in [-0.25, -0.2) is 9.59 Å². The van der Waals surface area contributed by atoms with Gasteiger partial charge >= 0.3 is 11.6 Å². The largest absolute Gasteiger partial charge is 0.478 e. The van der Waals surface area contributed by atoms with Crippen LogP contribution in [0, 0.1) is 0 Å². The number of nitrogens with zero attached hydrogens (tertiary/aromatic N) is 1. The summed E-state index contributed by atoms with van der Waals surface area (Å²) in [7, 11) is 0. The normalized spacial score (nSPS) is 14.9. The quantitative estimate of drug-likeness (QED) is 0.576. The Balaban J connectivity index is 1.99. The Bertz CT molecular complexity index is 1370. The van der Waals surface area contributed by atoms with E-state index in [9.17, 15) is 14.7 Å². The fourth-order valence-corrected chi connectivity index (χ4v) is 3.56. The first-order valence-corrected chi connectivity index (χ1v) is 8.04. The molecule has 2 heterocycles. The number of aromatic carboxylic acids is 1. The summed E-state index contributed by atoms with van der Waals surface area (Å²) in [6.45, 7) is 0. The standard InChI is InChI=1S/C21H11NO4/c23-20(24)15-9-3-6-12-16(10-22-18(12)15)19-13-7-1-4-11-5-2-8-14(17(11)13)21(25)26-19/h1-10H,(H,23,24). The predicted molar refractivity (Wildman–Crippen MR) is 99.3 cm³/mol. The third kappa shape index (κ3) is 1.88. The van der Waals surface area contributed by atoms with E-state index in [0.29, 0.717) is 27.6 Å². The maximum Gasteiger partial charge on any atom is 0.344 e. The summed E-state index contributed by atoms with van der Waals surface area (Å²) in [6, 6.07) is 16.2. The molecule has 5 rings (SSSR count). The van der Waals surface area contributed by atoms with E-state index in [4.69, 9.17) is 4.42 Å². The molecule has 0 atom stereocenters. The van der Waals surface area contributed by atoms with Crippen LogP contribution in [-0.2, 0) is 0 Å². The van der Waals surface area contributed by atoms with Crippen LogP contribution in [0.4, 0.5) is 5.69 Å². The summed E-state index contributed by atoms with van der Waals surface area (Å²) >= 11 is 0. The van der Waals surface area contributed by atoms with Crippen molar-refractivity contribution in [2.75, 3.05) is 0 Å². The number of carboxylic acids is 1. The van der Waals surface area contributed by atoms with Crippen molar-refractivity contribution in [2.24, 2.45) is 4.99 Å². The molecule has 1 aliphatic heterocycles. The van der Waals surface area contributed by atoms with Crippen LogP contribution >= 0.6 is 0 Å². The van der Waals surface area contributed by atoms with Gasteiger partial charge in [-0.1, -0.05) is 42.5 Å². The summed E-state index contributed by atoms with van der Waals surface area (Å²) in [6.07, 6.45) is 1.56. The molecule has 5 nitrogen and oxygen atoms in total. The average Bonchev–Trinajstić information content (AvgIpc) is 3.08. The van der Waals surface area contributed by atoms with Crippen molar-refractivity contribution in [3.63, 3.8) is 0 Å². The molecule has 3 aromatic carbocycles. The molecule has 0 radical (unpaired) electrons. The van der Waals surface area contributed by atoms with Crippen LogP contribution in [0.5, 0.6) is 0 Å². The number of carboxylic acid groups (broad SMARTS) is 1. The molecule has 0 amide bonds. The first-order chi connectivity index (χ1) is 12.6. The first-order valence-electron chi connectivity index (χ1n) is 8.04. The van der Waals surface area contributed by atoms with E-state index in [0.717, 1.165) is 16.2 Å². The average molecular weight is 341 g/mol. The molecule has 5 heteroatoms. The lowest BCUT2D eigenvalue weighted by atomic mass is 9.99. The van der Waals surface area contributed by atoms with Crippen molar-refractivity contribution in [1.29, 1.82) is 0 Å². The van der Waals surface area contributed by atoms with Crippen LogP contribution in [0.2, 0.25) is 0 Å². The monoisotopic (exact) mass is 341 g/mol. The molecule has 0 aliphatic carbocycles.